The number of hydrogen-bond acceptors (Lipinski definition) is 1. The van der Waals surface area contributed by atoms with E-state index in [0.29, 0.717) is 0 Å². The summed E-state index contributed by atoms with van der Waals surface area (Å²) < 4.78 is 1.28. The van der Waals surface area contributed by atoms with E-state index >= 15 is 0 Å². The van der Waals surface area contributed by atoms with Crippen LogP contribution < -0.4 is 5.32 Å². The van der Waals surface area contributed by atoms with Gasteiger partial charge in [-0.3, -0.25) is 0 Å². The van der Waals surface area contributed by atoms with Crippen LogP contribution in [-0.2, 0) is 5.41 Å². The highest BCUT2D eigenvalue weighted by Gasteiger charge is 2.13. The molecule has 2 aromatic rings. The van der Waals surface area contributed by atoms with E-state index in [0.717, 1.165) is 5.69 Å². The number of halogens is 1. The van der Waals surface area contributed by atoms with Crippen LogP contribution in [-0.4, -0.2) is 0 Å². The average Bonchev–Trinajstić information content (AvgIpc) is 2.33. The van der Waals surface area contributed by atoms with Crippen LogP contribution >= 0.6 is 22.6 Å². The Balaban J connectivity index is 2.27. The van der Waals surface area contributed by atoms with Gasteiger partial charge in [0.25, 0.3) is 0 Å². The maximum Gasteiger partial charge on any atom is 0.0444 e. The van der Waals surface area contributed by atoms with E-state index in [1.165, 1.54) is 25.9 Å². The Morgan fingerprint density at radius 2 is 1.40 bits per heavy atom. The summed E-state index contributed by atoms with van der Waals surface area (Å²) in [5.74, 6) is 0. The first-order valence-corrected chi connectivity index (χ1v) is 7.99. The molecule has 0 bridgehead atoms. The first-order chi connectivity index (χ1) is 9.27. The zero-order valence-electron chi connectivity index (χ0n) is 12.8. The summed E-state index contributed by atoms with van der Waals surface area (Å²) in [6, 6.07) is 13.2. The lowest BCUT2D eigenvalue weighted by Crippen LogP contribution is -2.10. The third-order valence-electron chi connectivity index (χ3n) is 3.52. The zero-order valence-corrected chi connectivity index (χ0v) is 15.0. The largest absolute Gasteiger partial charge is 0.355 e. The predicted molar refractivity (Wildman–Crippen MR) is 97.1 cm³/mol. The first-order valence-electron chi connectivity index (χ1n) is 6.92. The van der Waals surface area contributed by atoms with Gasteiger partial charge in [0.2, 0.25) is 0 Å². The lowest BCUT2D eigenvalue weighted by atomic mass is 9.87. The molecule has 0 radical (unpaired) electrons. The molecule has 0 spiro atoms. The average molecular weight is 379 g/mol. The minimum absolute atomic E-state index is 0.202. The van der Waals surface area contributed by atoms with Crippen molar-refractivity contribution in [1.29, 1.82) is 0 Å². The van der Waals surface area contributed by atoms with Crippen molar-refractivity contribution in [2.24, 2.45) is 0 Å². The molecule has 0 unspecified atom stereocenters. The molecule has 0 aliphatic rings. The molecule has 20 heavy (non-hydrogen) atoms. The maximum atomic E-state index is 3.54. The van der Waals surface area contributed by atoms with E-state index in [1.807, 2.05) is 0 Å². The zero-order chi connectivity index (χ0) is 14.9. The van der Waals surface area contributed by atoms with Crippen LogP contribution in [0.1, 0.15) is 37.5 Å². The fraction of sp³-hybridized carbons (Fsp3) is 0.333. The second-order valence-corrected chi connectivity index (χ2v) is 7.61. The molecule has 0 atom stereocenters. The summed E-state index contributed by atoms with van der Waals surface area (Å²) in [4.78, 5) is 0. The van der Waals surface area contributed by atoms with Gasteiger partial charge < -0.3 is 5.32 Å². The van der Waals surface area contributed by atoms with Gasteiger partial charge in [0.05, 0.1) is 0 Å². The normalized spacial score (nSPS) is 11.5. The quantitative estimate of drug-likeness (QED) is 0.636. The second kappa shape index (κ2) is 5.76. The third kappa shape index (κ3) is 3.54. The Morgan fingerprint density at radius 1 is 0.900 bits per heavy atom. The molecule has 0 aromatic heterocycles. The van der Waals surface area contributed by atoms with E-state index in [9.17, 15) is 0 Å². The van der Waals surface area contributed by atoms with Crippen molar-refractivity contribution in [2.75, 3.05) is 5.32 Å². The molecule has 106 valence electrons. The highest BCUT2D eigenvalue weighted by atomic mass is 127. The van der Waals surface area contributed by atoms with Gasteiger partial charge in [-0.2, -0.15) is 0 Å². The molecule has 1 N–H and O–H groups in total. The second-order valence-electron chi connectivity index (χ2n) is 6.37. The Kier molecular flexibility index (Phi) is 4.43. The maximum absolute atomic E-state index is 3.54. The minimum Gasteiger partial charge on any atom is -0.355 e. The minimum atomic E-state index is 0.202. The predicted octanol–water partition coefficient (Wildman–Crippen LogP) is 5.95. The molecule has 0 amide bonds. The van der Waals surface area contributed by atoms with Crippen LogP contribution in [0.3, 0.4) is 0 Å². The number of rotatable bonds is 2. The van der Waals surface area contributed by atoms with Crippen molar-refractivity contribution in [1.82, 2.24) is 0 Å². The number of aryl methyl sites for hydroxylation is 2. The van der Waals surface area contributed by atoms with Gasteiger partial charge in [0.15, 0.2) is 0 Å². The Hall–Kier alpha value is -1.03. The first kappa shape index (κ1) is 15.4. The van der Waals surface area contributed by atoms with E-state index in [2.05, 4.69) is 98.9 Å². The number of anilines is 2. The monoisotopic (exact) mass is 379 g/mol. The number of nitrogens with one attached hydrogen (secondary N) is 1. The van der Waals surface area contributed by atoms with Crippen LogP contribution in [0.5, 0.6) is 0 Å². The van der Waals surface area contributed by atoms with Gasteiger partial charge in [0, 0.05) is 14.9 Å². The van der Waals surface area contributed by atoms with Gasteiger partial charge >= 0.3 is 0 Å². The highest BCUT2D eigenvalue weighted by molar-refractivity contribution is 14.1. The molecular formula is C18H22IN. The van der Waals surface area contributed by atoms with Crippen molar-refractivity contribution in [3.63, 3.8) is 0 Å². The molecule has 2 aromatic carbocycles. The van der Waals surface area contributed by atoms with Crippen molar-refractivity contribution < 1.29 is 0 Å². The fourth-order valence-corrected chi connectivity index (χ4v) is 3.24. The van der Waals surface area contributed by atoms with Crippen molar-refractivity contribution in [3.05, 3.63) is 56.7 Å². The Bertz CT molecular complexity index is 583. The van der Waals surface area contributed by atoms with E-state index < -0.39 is 0 Å². The van der Waals surface area contributed by atoms with E-state index in [4.69, 9.17) is 0 Å². The van der Waals surface area contributed by atoms with Gasteiger partial charge in [-0.25, -0.2) is 0 Å². The lowest BCUT2D eigenvalue weighted by molar-refractivity contribution is 0.590. The lowest BCUT2D eigenvalue weighted by Gasteiger charge is -2.20. The summed E-state index contributed by atoms with van der Waals surface area (Å²) in [5.41, 5.74) is 6.50. The Morgan fingerprint density at radius 3 is 1.85 bits per heavy atom. The van der Waals surface area contributed by atoms with Crippen molar-refractivity contribution >= 4 is 34.0 Å². The van der Waals surface area contributed by atoms with Gasteiger partial charge in [-0.05, 0) is 82.8 Å². The molecule has 0 saturated heterocycles. The summed E-state index contributed by atoms with van der Waals surface area (Å²) in [6.07, 6.45) is 0. The molecule has 0 heterocycles. The molecule has 1 nitrogen and oxygen atoms in total. The smallest absolute Gasteiger partial charge is 0.0444 e. The molecule has 0 fully saturated rings. The van der Waals surface area contributed by atoms with Crippen LogP contribution in [0.15, 0.2) is 36.4 Å². The molecule has 2 heteroatoms. The fourth-order valence-electron chi connectivity index (χ4n) is 2.31. The molecule has 0 saturated carbocycles. The van der Waals surface area contributed by atoms with Gasteiger partial charge in [0.1, 0.15) is 0 Å². The number of hydrogen-bond donors (Lipinski definition) is 1. The molecule has 0 aliphatic carbocycles. The summed E-state index contributed by atoms with van der Waals surface area (Å²) >= 11 is 2.36. The van der Waals surface area contributed by atoms with Gasteiger partial charge in [-0.1, -0.05) is 32.9 Å². The summed E-state index contributed by atoms with van der Waals surface area (Å²) in [6.45, 7) is 11.0. The SMILES string of the molecule is Cc1cc(I)cc(C)c1Nc1ccc(C(C)(C)C)cc1. The Labute approximate surface area is 135 Å². The molecule has 0 aliphatic heterocycles. The van der Waals surface area contributed by atoms with Crippen LogP contribution in [0.25, 0.3) is 0 Å². The number of benzene rings is 2. The third-order valence-corrected chi connectivity index (χ3v) is 4.14. The summed E-state index contributed by atoms with van der Waals surface area (Å²) in [5, 5.41) is 3.54. The van der Waals surface area contributed by atoms with E-state index in [-0.39, 0.29) is 5.41 Å². The standard InChI is InChI=1S/C18H22IN/c1-12-10-15(19)11-13(2)17(12)20-16-8-6-14(7-9-16)18(3,4)5/h6-11,20H,1-5H3. The highest BCUT2D eigenvalue weighted by Crippen LogP contribution is 2.28. The van der Waals surface area contributed by atoms with Crippen molar-refractivity contribution in [2.45, 2.75) is 40.0 Å². The van der Waals surface area contributed by atoms with Crippen LogP contribution in [0.2, 0.25) is 0 Å². The van der Waals surface area contributed by atoms with E-state index in [1.54, 1.807) is 0 Å². The van der Waals surface area contributed by atoms with Crippen molar-refractivity contribution in [3.8, 4) is 0 Å². The molecule has 2 rings (SSSR count). The van der Waals surface area contributed by atoms with Gasteiger partial charge in [-0.15, -0.1) is 0 Å². The van der Waals surface area contributed by atoms with Crippen LogP contribution in [0, 0.1) is 17.4 Å². The summed E-state index contributed by atoms with van der Waals surface area (Å²) in [7, 11) is 0. The molecular weight excluding hydrogens is 357 g/mol. The topological polar surface area (TPSA) is 12.0 Å². The van der Waals surface area contributed by atoms with Crippen LogP contribution in [0.4, 0.5) is 11.4 Å².